The molecule has 0 saturated carbocycles. The van der Waals surface area contributed by atoms with Gasteiger partial charge in [0.15, 0.2) is 0 Å². The fraction of sp³-hybridized carbons (Fsp3) is 0.250. The number of nitrogens with zero attached hydrogens (tertiary/aromatic N) is 2. The lowest BCUT2D eigenvalue weighted by atomic mass is 10.0. The number of thioether (sulfide) groups is 1. The van der Waals surface area contributed by atoms with Crippen LogP contribution in [0.1, 0.15) is 25.1 Å². The highest BCUT2D eigenvalue weighted by atomic mass is 32.2. The Morgan fingerprint density at radius 1 is 1.37 bits per heavy atom. The van der Waals surface area contributed by atoms with Gasteiger partial charge < -0.3 is 14.6 Å². The van der Waals surface area contributed by atoms with Gasteiger partial charge in [0.2, 0.25) is 5.44 Å². The Morgan fingerprint density at radius 3 is 2.85 bits per heavy atom. The SMILES string of the molecule is C#Cc1cnc2ccc(OC(SC)C(=O)NC(C)(C)c3ccon3)cc2c1. The second-order valence-electron chi connectivity index (χ2n) is 6.41. The molecular formula is C20H19N3O3S. The first-order valence-electron chi connectivity index (χ1n) is 8.22. The van der Waals surface area contributed by atoms with Gasteiger partial charge in [-0.3, -0.25) is 9.78 Å². The molecule has 0 spiro atoms. The molecule has 3 rings (SSSR count). The molecule has 0 aliphatic heterocycles. The molecule has 27 heavy (non-hydrogen) atoms. The molecule has 1 aromatic carbocycles. The molecule has 138 valence electrons. The predicted octanol–water partition coefficient (Wildman–Crippen LogP) is 3.32. The number of fused-ring (bicyclic) bond motifs is 1. The molecule has 0 bridgehead atoms. The van der Waals surface area contributed by atoms with Crippen molar-refractivity contribution in [2.45, 2.75) is 24.8 Å². The van der Waals surface area contributed by atoms with Crippen LogP contribution in [0.3, 0.4) is 0 Å². The Morgan fingerprint density at radius 2 is 2.19 bits per heavy atom. The van der Waals surface area contributed by atoms with E-state index >= 15 is 0 Å². The highest BCUT2D eigenvalue weighted by molar-refractivity contribution is 7.99. The largest absolute Gasteiger partial charge is 0.470 e. The lowest BCUT2D eigenvalue weighted by Gasteiger charge is -2.26. The number of rotatable bonds is 6. The van der Waals surface area contributed by atoms with Gasteiger partial charge in [0.05, 0.1) is 11.1 Å². The highest BCUT2D eigenvalue weighted by Gasteiger charge is 2.30. The Kier molecular flexibility index (Phi) is 5.38. The number of hydrogen-bond acceptors (Lipinski definition) is 6. The van der Waals surface area contributed by atoms with Crippen LogP contribution in [-0.4, -0.2) is 27.7 Å². The summed E-state index contributed by atoms with van der Waals surface area (Å²) in [5, 5.41) is 7.69. The molecule has 2 heterocycles. The minimum absolute atomic E-state index is 0.258. The normalized spacial score (nSPS) is 12.4. The summed E-state index contributed by atoms with van der Waals surface area (Å²) in [5.74, 6) is 2.87. The molecule has 2 aromatic heterocycles. The van der Waals surface area contributed by atoms with Crippen molar-refractivity contribution in [3.8, 4) is 18.1 Å². The van der Waals surface area contributed by atoms with Crippen molar-refractivity contribution in [1.29, 1.82) is 0 Å². The van der Waals surface area contributed by atoms with Crippen LogP contribution in [-0.2, 0) is 10.3 Å². The number of hydrogen-bond donors (Lipinski definition) is 1. The molecule has 1 unspecified atom stereocenters. The van der Waals surface area contributed by atoms with Crippen LogP contribution in [0.4, 0.5) is 0 Å². The van der Waals surface area contributed by atoms with Crippen molar-refractivity contribution < 1.29 is 14.1 Å². The van der Waals surface area contributed by atoms with E-state index in [0.717, 1.165) is 10.9 Å². The number of nitrogens with one attached hydrogen (secondary N) is 1. The second-order valence-corrected chi connectivity index (χ2v) is 7.31. The minimum atomic E-state index is -0.725. The zero-order chi connectivity index (χ0) is 19.4. The van der Waals surface area contributed by atoms with Gasteiger partial charge in [-0.25, -0.2) is 0 Å². The lowest BCUT2D eigenvalue weighted by Crippen LogP contribution is -2.46. The molecule has 7 heteroatoms. The summed E-state index contributed by atoms with van der Waals surface area (Å²) >= 11 is 1.30. The van der Waals surface area contributed by atoms with Gasteiger partial charge in [-0.1, -0.05) is 11.1 Å². The summed E-state index contributed by atoms with van der Waals surface area (Å²) in [7, 11) is 0. The Balaban J connectivity index is 1.77. The maximum absolute atomic E-state index is 12.7. The second kappa shape index (κ2) is 7.72. The molecular weight excluding hydrogens is 362 g/mol. The first-order valence-corrected chi connectivity index (χ1v) is 9.50. The minimum Gasteiger partial charge on any atom is -0.470 e. The van der Waals surface area contributed by atoms with Crippen molar-refractivity contribution in [3.63, 3.8) is 0 Å². The van der Waals surface area contributed by atoms with E-state index in [1.54, 1.807) is 18.3 Å². The Hall–Kier alpha value is -2.98. The summed E-state index contributed by atoms with van der Waals surface area (Å²) in [6, 6.07) is 9.01. The van der Waals surface area contributed by atoms with Gasteiger partial charge in [-0.15, -0.1) is 18.2 Å². The zero-order valence-corrected chi connectivity index (χ0v) is 16.0. The summed E-state index contributed by atoms with van der Waals surface area (Å²) in [4.78, 5) is 17.0. The van der Waals surface area contributed by atoms with Gasteiger partial charge in [0, 0.05) is 23.2 Å². The number of ether oxygens (including phenoxy) is 1. The van der Waals surface area contributed by atoms with Crippen LogP contribution in [0.25, 0.3) is 10.9 Å². The van der Waals surface area contributed by atoms with Crippen LogP contribution < -0.4 is 10.1 Å². The molecule has 0 radical (unpaired) electrons. The van der Waals surface area contributed by atoms with Gasteiger partial charge in [-0.05, 0) is 44.4 Å². The number of terminal acetylenes is 1. The van der Waals surface area contributed by atoms with Crippen molar-refractivity contribution >= 4 is 28.6 Å². The van der Waals surface area contributed by atoms with Crippen LogP contribution in [0, 0.1) is 12.3 Å². The first kappa shape index (κ1) is 18.8. The summed E-state index contributed by atoms with van der Waals surface area (Å²) in [6.07, 6.45) is 10.4. The van der Waals surface area contributed by atoms with Crippen LogP contribution >= 0.6 is 11.8 Å². The maximum Gasteiger partial charge on any atom is 0.272 e. The predicted molar refractivity (Wildman–Crippen MR) is 105 cm³/mol. The standard InChI is InChI=1S/C20H19N3O3S/c1-5-13-10-14-11-15(6-7-16(14)21-12-13)26-19(27-4)18(24)22-20(2,3)17-8-9-25-23-17/h1,6-12,19H,2-4H3,(H,22,24). The summed E-state index contributed by atoms with van der Waals surface area (Å²) in [5.41, 5.74) is 0.717. The first-order chi connectivity index (χ1) is 12.9. The van der Waals surface area contributed by atoms with E-state index in [0.29, 0.717) is 17.0 Å². The average molecular weight is 381 g/mol. The number of carbonyl (C=O) groups excluding carboxylic acids is 1. The third kappa shape index (κ3) is 4.23. The third-order valence-corrected chi connectivity index (χ3v) is 4.74. The van der Waals surface area contributed by atoms with E-state index < -0.39 is 11.0 Å². The van der Waals surface area contributed by atoms with E-state index in [4.69, 9.17) is 15.7 Å². The van der Waals surface area contributed by atoms with Crippen molar-refractivity contribution in [1.82, 2.24) is 15.5 Å². The van der Waals surface area contributed by atoms with E-state index in [-0.39, 0.29) is 5.91 Å². The highest BCUT2D eigenvalue weighted by Crippen LogP contribution is 2.24. The van der Waals surface area contributed by atoms with Crippen molar-refractivity contribution in [2.24, 2.45) is 0 Å². The van der Waals surface area contributed by atoms with E-state index in [1.807, 2.05) is 38.3 Å². The monoisotopic (exact) mass is 381 g/mol. The third-order valence-electron chi connectivity index (χ3n) is 4.00. The topological polar surface area (TPSA) is 77.2 Å². The maximum atomic E-state index is 12.7. The molecule has 0 aliphatic carbocycles. The number of aromatic nitrogens is 2. The van der Waals surface area contributed by atoms with Crippen molar-refractivity contribution in [2.75, 3.05) is 6.26 Å². The fourth-order valence-electron chi connectivity index (χ4n) is 2.56. The van der Waals surface area contributed by atoms with Gasteiger partial charge >= 0.3 is 0 Å². The van der Waals surface area contributed by atoms with Gasteiger partial charge in [0.25, 0.3) is 5.91 Å². The summed E-state index contributed by atoms with van der Waals surface area (Å²) in [6.45, 7) is 3.70. The fourth-order valence-corrected chi connectivity index (χ4v) is 3.04. The van der Waals surface area contributed by atoms with Gasteiger partial charge in [-0.2, -0.15) is 0 Å². The Bertz CT molecular complexity index is 993. The average Bonchev–Trinajstić information content (AvgIpc) is 3.20. The molecule has 0 fully saturated rings. The lowest BCUT2D eigenvalue weighted by molar-refractivity contribution is -0.126. The van der Waals surface area contributed by atoms with E-state index in [9.17, 15) is 4.79 Å². The number of amides is 1. The van der Waals surface area contributed by atoms with Crippen LogP contribution in [0.2, 0.25) is 0 Å². The van der Waals surface area contributed by atoms with Crippen LogP contribution in [0.5, 0.6) is 5.75 Å². The number of benzene rings is 1. The number of carbonyl (C=O) groups is 1. The Labute approximate surface area is 161 Å². The van der Waals surface area contributed by atoms with Crippen LogP contribution in [0.15, 0.2) is 47.3 Å². The van der Waals surface area contributed by atoms with Gasteiger partial charge in [0.1, 0.15) is 17.7 Å². The molecule has 0 saturated heterocycles. The van der Waals surface area contributed by atoms with E-state index in [1.165, 1.54) is 18.0 Å². The van der Waals surface area contributed by atoms with E-state index in [2.05, 4.69) is 21.4 Å². The summed E-state index contributed by atoms with van der Waals surface area (Å²) < 4.78 is 10.8. The van der Waals surface area contributed by atoms with Crippen molar-refractivity contribution in [3.05, 3.63) is 54.0 Å². The smallest absolute Gasteiger partial charge is 0.272 e. The molecule has 1 N–H and O–H groups in total. The molecule has 1 atom stereocenters. The molecule has 1 amide bonds. The molecule has 6 nitrogen and oxygen atoms in total. The zero-order valence-electron chi connectivity index (χ0n) is 15.2. The quantitative estimate of drug-likeness (QED) is 0.521. The molecule has 3 aromatic rings. The number of pyridine rings is 1. The molecule has 0 aliphatic rings.